The van der Waals surface area contributed by atoms with Gasteiger partial charge in [0.15, 0.2) is 6.10 Å². The number of hydrogen-bond acceptors (Lipinski definition) is 11. The number of carbonyl (C=O) groups excluding carboxylic acids is 2. The van der Waals surface area contributed by atoms with Crippen molar-refractivity contribution in [3.63, 3.8) is 0 Å². The van der Waals surface area contributed by atoms with Crippen molar-refractivity contribution in [1.82, 2.24) is 14.5 Å². The number of anilines is 1. The van der Waals surface area contributed by atoms with Gasteiger partial charge in [0.05, 0.1) is 6.42 Å². The summed E-state index contributed by atoms with van der Waals surface area (Å²) in [4.78, 5) is 41.0. The molecule has 0 radical (unpaired) electrons. The van der Waals surface area contributed by atoms with E-state index in [1.807, 2.05) is 0 Å². The number of hydrogen-bond donors (Lipinski definition) is 3. The van der Waals surface area contributed by atoms with E-state index in [-0.39, 0.29) is 5.95 Å². The number of carbonyl (C=O) groups is 2. The zero-order valence-corrected chi connectivity index (χ0v) is 12.8. The summed E-state index contributed by atoms with van der Waals surface area (Å²) < 4.78 is 15.6. The molecule has 0 aliphatic carbocycles. The van der Waals surface area contributed by atoms with Gasteiger partial charge in [0.1, 0.15) is 12.6 Å². The Balaban J connectivity index is 2.33. The predicted molar refractivity (Wildman–Crippen MR) is 73.7 cm³/mol. The van der Waals surface area contributed by atoms with Gasteiger partial charge in [-0.25, -0.2) is 9.78 Å². The van der Waals surface area contributed by atoms with Crippen molar-refractivity contribution < 1.29 is 34.0 Å². The quantitative estimate of drug-likeness (QED) is 0.393. The average Bonchev–Trinajstić information content (AvgIpc) is 2.74. The van der Waals surface area contributed by atoms with Crippen LogP contribution in [0, 0.1) is 0 Å². The maximum absolute atomic E-state index is 11.8. The molecule has 0 saturated carbocycles. The summed E-state index contributed by atoms with van der Waals surface area (Å²) in [5, 5.41) is 20.4. The van der Waals surface area contributed by atoms with E-state index >= 15 is 0 Å². The average molecular weight is 344 g/mol. The fourth-order valence-electron chi connectivity index (χ4n) is 2.28. The normalized spacial score (nSPS) is 27.5. The molecule has 4 atom stereocenters. The van der Waals surface area contributed by atoms with Gasteiger partial charge in [0.25, 0.3) is 0 Å². The Bertz CT molecular complexity index is 707. The van der Waals surface area contributed by atoms with E-state index in [1.165, 1.54) is 0 Å². The Morgan fingerprint density at radius 3 is 2.71 bits per heavy atom. The van der Waals surface area contributed by atoms with Crippen molar-refractivity contribution in [1.29, 1.82) is 0 Å². The molecular weight excluding hydrogens is 328 g/mol. The third-order valence-corrected chi connectivity index (χ3v) is 3.14. The highest BCUT2D eigenvalue weighted by Gasteiger charge is 2.55. The lowest BCUT2D eigenvalue weighted by atomic mass is 10.1. The molecule has 0 aromatic carbocycles. The topological polar surface area (TPSA) is 176 Å². The molecule has 0 bridgehead atoms. The van der Waals surface area contributed by atoms with Crippen molar-refractivity contribution in [3.8, 4) is 0 Å². The van der Waals surface area contributed by atoms with Gasteiger partial charge < -0.3 is 30.2 Å². The van der Waals surface area contributed by atoms with Crippen LogP contribution < -0.4 is 11.4 Å². The number of aliphatic hydroxyl groups is 2. The van der Waals surface area contributed by atoms with Gasteiger partial charge in [-0.2, -0.15) is 4.98 Å². The largest absolute Gasteiger partial charge is 0.433 e. The second-order valence-electron chi connectivity index (χ2n) is 5.06. The molecule has 12 heteroatoms. The highest BCUT2D eigenvalue weighted by atomic mass is 16.7. The van der Waals surface area contributed by atoms with E-state index < -0.39 is 48.5 Å². The van der Waals surface area contributed by atoms with E-state index in [9.17, 15) is 24.6 Å². The molecular formula is C12H16N4O8. The summed E-state index contributed by atoms with van der Waals surface area (Å²) in [6, 6.07) is 0. The predicted octanol–water partition coefficient (Wildman–Crippen LogP) is -2.36. The Hall–Kier alpha value is -2.57. The van der Waals surface area contributed by atoms with Crippen molar-refractivity contribution in [3.05, 3.63) is 16.8 Å². The van der Waals surface area contributed by atoms with Crippen LogP contribution in [-0.4, -0.2) is 54.9 Å². The molecule has 1 unspecified atom stereocenters. The van der Waals surface area contributed by atoms with Crippen LogP contribution in [0.1, 0.15) is 26.5 Å². The van der Waals surface area contributed by atoms with Crippen LogP contribution in [0.5, 0.6) is 0 Å². The van der Waals surface area contributed by atoms with Gasteiger partial charge in [0, 0.05) is 13.8 Å². The van der Waals surface area contributed by atoms with E-state index in [0.29, 0.717) is 0 Å². The zero-order valence-electron chi connectivity index (χ0n) is 12.8. The first-order valence-electron chi connectivity index (χ1n) is 6.76. The molecule has 1 aliphatic heterocycles. The minimum atomic E-state index is -2.34. The summed E-state index contributed by atoms with van der Waals surface area (Å²) in [6.07, 6.45) is -4.22. The van der Waals surface area contributed by atoms with Crippen LogP contribution in [0.15, 0.2) is 11.1 Å². The smallest absolute Gasteiger partial charge is 0.354 e. The molecule has 1 aliphatic rings. The number of nitrogens with two attached hydrogens (primary N) is 1. The number of ether oxygens (including phenoxy) is 3. The monoisotopic (exact) mass is 344 g/mol. The number of esters is 2. The molecule has 12 nitrogen and oxygen atoms in total. The summed E-state index contributed by atoms with van der Waals surface area (Å²) in [6.45, 7) is 2.05. The first kappa shape index (κ1) is 17.8. The van der Waals surface area contributed by atoms with E-state index in [0.717, 1.165) is 24.7 Å². The number of nitrogen functional groups attached to an aromatic ring is 1. The van der Waals surface area contributed by atoms with Gasteiger partial charge in [0.2, 0.25) is 18.0 Å². The third kappa shape index (κ3) is 3.67. The lowest BCUT2D eigenvalue weighted by molar-refractivity contribution is -0.270. The first-order valence-corrected chi connectivity index (χ1v) is 6.76. The molecule has 1 fully saturated rings. The molecule has 0 spiro atoms. The second kappa shape index (κ2) is 6.51. The molecule has 24 heavy (non-hydrogen) atoms. The lowest BCUT2D eigenvalue weighted by Gasteiger charge is -2.29. The fourth-order valence-corrected chi connectivity index (χ4v) is 2.28. The fraction of sp³-hybridized carbons (Fsp3) is 0.583. The molecule has 2 rings (SSSR count). The summed E-state index contributed by atoms with van der Waals surface area (Å²) >= 11 is 0. The van der Waals surface area contributed by atoms with Gasteiger partial charge in [-0.05, 0) is 0 Å². The van der Waals surface area contributed by atoms with Crippen LogP contribution in [0.4, 0.5) is 5.95 Å². The lowest BCUT2D eigenvalue weighted by Crippen LogP contribution is -2.49. The maximum atomic E-state index is 11.8. The molecule has 1 aromatic rings. The molecule has 1 aromatic heterocycles. The first-order chi connectivity index (χ1) is 11.1. The van der Waals surface area contributed by atoms with Crippen LogP contribution in [-0.2, 0) is 23.8 Å². The van der Waals surface area contributed by atoms with Crippen LogP contribution in [0.25, 0.3) is 0 Å². The highest BCUT2D eigenvalue weighted by Crippen LogP contribution is 2.39. The molecule has 2 heterocycles. The zero-order chi connectivity index (χ0) is 18.1. The Morgan fingerprint density at radius 2 is 2.17 bits per heavy atom. The van der Waals surface area contributed by atoms with E-state index in [4.69, 9.17) is 15.2 Å². The maximum Gasteiger partial charge on any atom is 0.354 e. The second-order valence-corrected chi connectivity index (χ2v) is 5.06. The minimum Gasteiger partial charge on any atom is -0.433 e. The van der Waals surface area contributed by atoms with Crippen LogP contribution >= 0.6 is 0 Å². The van der Waals surface area contributed by atoms with Crippen molar-refractivity contribution in [2.24, 2.45) is 0 Å². The van der Waals surface area contributed by atoms with Crippen molar-refractivity contribution in [2.45, 2.75) is 44.7 Å². The number of rotatable bonds is 4. The SMILES string of the molecule is CC(=O)OC(O)[C@H]1O[C@@H](n2cnc(N)nc2=O)C[C@@]1(O)OC(C)=O. The molecule has 0 amide bonds. The van der Waals surface area contributed by atoms with Gasteiger partial charge in [-0.15, -0.1) is 0 Å². The van der Waals surface area contributed by atoms with Gasteiger partial charge in [-0.1, -0.05) is 0 Å². The number of aliphatic hydroxyl groups excluding tert-OH is 1. The summed E-state index contributed by atoms with van der Waals surface area (Å²) in [5.41, 5.74) is 4.45. The summed E-state index contributed by atoms with van der Waals surface area (Å²) in [7, 11) is 0. The summed E-state index contributed by atoms with van der Waals surface area (Å²) in [5.74, 6) is -4.33. The van der Waals surface area contributed by atoms with E-state index in [2.05, 4.69) is 14.7 Å². The minimum absolute atomic E-state index is 0.263. The molecule has 4 N–H and O–H groups in total. The Labute approximate surface area is 134 Å². The third-order valence-electron chi connectivity index (χ3n) is 3.14. The van der Waals surface area contributed by atoms with Gasteiger partial charge in [-0.3, -0.25) is 14.2 Å². The van der Waals surface area contributed by atoms with E-state index in [1.54, 1.807) is 0 Å². The number of aromatic nitrogens is 3. The Kier molecular flexibility index (Phi) is 4.82. The Morgan fingerprint density at radius 1 is 1.50 bits per heavy atom. The molecule has 1 saturated heterocycles. The van der Waals surface area contributed by atoms with Crippen LogP contribution in [0.3, 0.4) is 0 Å². The molecule has 132 valence electrons. The van der Waals surface area contributed by atoms with Crippen LogP contribution in [0.2, 0.25) is 0 Å². The highest BCUT2D eigenvalue weighted by molar-refractivity contribution is 5.67. The number of nitrogens with zero attached hydrogens (tertiary/aromatic N) is 3. The van der Waals surface area contributed by atoms with Gasteiger partial charge >= 0.3 is 17.6 Å². The van der Waals surface area contributed by atoms with Crippen molar-refractivity contribution in [2.75, 3.05) is 5.73 Å². The van der Waals surface area contributed by atoms with Crippen molar-refractivity contribution >= 4 is 17.9 Å². The standard InChI is InChI=1S/C12H16N4O8/c1-5(17)22-9(19)8-12(21,24-6(2)18)3-7(23-8)16-4-14-10(13)15-11(16)20/h4,7-9,19,21H,3H2,1-2H3,(H2,13,15,20)/t7-,8-,9?,12-/m1/s1.